The van der Waals surface area contributed by atoms with Crippen molar-refractivity contribution in [2.45, 2.75) is 19.3 Å². The zero-order valence-corrected chi connectivity index (χ0v) is 13.9. The summed E-state index contributed by atoms with van der Waals surface area (Å²) in [5.41, 5.74) is 1.82. The summed E-state index contributed by atoms with van der Waals surface area (Å²) in [7, 11) is 0. The molecule has 0 fully saturated rings. The molecule has 1 N–H and O–H groups in total. The molecule has 2 amide bonds. The van der Waals surface area contributed by atoms with Crippen molar-refractivity contribution < 1.29 is 18.4 Å². The van der Waals surface area contributed by atoms with Crippen LogP contribution in [0.4, 0.5) is 14.5 Å². The first-order valence-electron chi connectivity index (χ1n) is 8.20. The van der Waals surface area contributed by atoms with Crippen LogP contribution in [0.25, 0.3) is 0 Å². The number of benzene rings is 2. The largest absolute Gasteiger partial charge is 0.326 e. The van der Waals surface area contributed by atoms with Crippen molar-refractivity contribution in [2.24, 2.45) is 5.10 Å². The molecule has 0 unspecified atom stereocenters. The number of hydrogen-bond acceptors (Lipinski definition) is 3. The number of halogens is 2. The molecule has 7 heteroatoms. The molecule has 5 nitrogen and oxygen atoms in total. The number of nitrogens with one attached hydrogen (secondary N) is 1. The summed E-state index contributed by atoms with van der Waals surface area (Å²) < 4.78 is 26.2. The topological polar surface area (TPSA) is 61.8 Å². The summed E-state index contributed by atoms with van der Waals surface area (Å²) >= 11 is 0. The van der Waals surface area contributed by atoms with Crippen LogP contribution in [0, 0.1) is 11.6 Å². The maximum Gasteiger partial charge on any atom is 0.243 e. The van der Waals surface area contributed by atoms with Crippen molar-refractivity contribution in [1.29, 1.82) is 0 Å². The predicted octanol–water partition coefficient (Wildman–Crippen LogP) is 3.32. The zero-order valence-electron chi connectivity index (χ0n) is 13.9. The van der Waals surface area contributed by atoms with Gasteiger partial charge >= 0.3 is 0 Å². The van der Waals surface area contributed by atoms with E-state index in [-0.39, 0.29) is 24.4 Å². The van der Waals surface area contributed by atoms with Crippen LogP contribution in [0.2, 0.25) is 0 Å². The maximum absolute atomic E-state index is 13.1. The number of amides is 2. The molecule has 26 heavy (non-hydrogen) atoms. The van der Waals surface area contributed by atoms with Crippen molar-refractivity contribution in [3.8, 4) is 0 Å². The van der Waals surface area contributed by atoms with E-state index in [9.17, 15) is 18.4 Å². The van der Waals surface area contributed by atoms with Crippen molar-refractivity contribution in [3.63, 3.8) is 0 Å². The van der Waals surface area contributed by atoms with E-state index in [1.54, 1.807) is 0 Å². The molecule has 2 aromatic rings. The summed E-state index contributed by atoms with van der Waals surface area (Å²) in [4.78, 5) is 24.1. The fraction of sp³-hybridized carbons (Fsp3) is 0.211. The van der Waals surface area contributed by atoms with Crippen molar-refractivity contribution in [3.05, 3.63) is 65.7 Å². The van der Waals surface area contributed by atoms with Gasteiger partial charge in [-0.2, -0.15) is 5.10 Å². The van der Waals surface area contributed by atoms with Crippen LogP contribution in [-0.2, 0) is 9.59 Å². The molecule has 1 heterocycles. The van der Waals surface area contributed by atoms with Gasteiger partial charge in [0.1, 0.15) is 11.6 Å². The van der Waals surface area contributed by atoms with Gasteiger partial charge in [-0.3, -0.25) is 9.59 Å². The van der Waals surface area contributed by atoms with Crippen molar-refractivity contribution in [1.82, 2.24) is 5.01 Å². The van der Waals surface area contributed by atoms with Crippen LogP contribution in [0.5, 0.6) is 0 Å². The lowest BCUT2D eigenvalue weighted by Crippen LogP contribution is -2.25. The Balaban J connectivity index is 1.52. The summed E-state index contributed by atoms with van der Waals surface area (Å²) in [6.45, 7) is 0.472. The molecule has 0 saturated carbocycles. The van der Waals surface area contributed by atoms with Crippen LogP contribution in [0.15, 0.2) is 53.6 Å². The first-order chi connectivity index (χ1) is 12.5. The highest BCUT2D eigenvalue weighted by Gasteiger charge is 2.21. The first-order valence-corrected chi connectivity index (χ1v) is 8.20. The smallest absolute Gasteiger partial charge is 0.243 e. The minimum Gasteiger partial charge on any atom is -0.326 e. The molecule has 0 saturated heterocycles. The van der Waals surface area contributed by atoms with Gasteiger partial charge in [0.05, 0.1) is 12.3 Å². The van der Waals surface area contributed by atoms with Gasteiger partial charge in [0.25, 0.3) is 0 Å². The Morgan fingerprint density at radius 2 is 1.73 bits per heavy atom. The van der Waals surface area contributed by atoms with Gasteiger partial charge in [-0.15, -0.1) is 0 Å². The molecule has 134 valence electrons. The third-order valence-electron chi connectivity index (χ3n) is 3.91. The number of hydrazone groups is 1. The molecule has 0 radical (unpaired) electrons. The number of nitrogens with zero attached hydrogens (tertiary/aromatic N) is 2. The third-order valence-corrected chi connectivity index (χ3v) is 3.91. The van der Waals surface area contributed by atoms with E-state index in [0.29, 0.717) is 13.0 Å². The molecule has 0 aliphatic carbocycles. The van der Waals surface area contributed by atoms with Gasteiger partial charge in [-0.25, -0.2) is 13.8 Å². The van der Waals surface area contributed by atoms with Gasteiger partial charge in [0, 0.05) is 31.0 Å². The maximum atomic E-state index is 13.1. The average molecular weight is 357 g/mol. The molecule has 0 aromatic heterocycles. The monoisotopic (exact) mass is 357 g/mol. The van der Waals surface area contributed by atoms with Gasteiger partial charge in [0.2, 0.25) is 11.8 Å². The zero-order chi connectivity index (χ0) is 18.5. The summed E-state index contributed by atoms with van der Waals surface area (Å²) in [6, 6.07) is 12.3. The molecular weight excluding hydrogens is 340 g/mol. The highest BCUT2D eigenvalue weighted by Crippen LogP contribution is 2.16. The Kier molecular flexibility index (Phi) is 5.36. The lowest BCUT2D eigenvalue weighted by Gasteiger charge is -2.11. The fourth-order valence-electron chi connectivity index (χ4n) is 2.67. The number of hydrogen-bond donors (Lipinski definition) is 1. The van der Waals surface area contributed by atoms with E-state index in [1.165, 1.54) is 5.01 Å². The minimum absolute atomic E-state index is 0.0190. The first kappa shape index (κ1) is 17.7. The number of rotatable bonds is 5. The Morgan fingerprint density at radius 3 is 2.42 bits per heavy atom. The third kappa shape index (κ3) is 4.50. The molecule has 1 aliphatic rings. The van der Waals surface area contributed by atoms with E-state index >= 15 is 0 Å². The highest BCUT2D eigenvalue weighted by atomic mass is 19.1. The Labute approximate surface area is 149 Å². The lowest BCUT2D eigenvalue weighted by atomic mass is 10.1. The standard InChI is InChI=1S/C19H17F2N3O2/c20-14-10-15(21)12-16(11-14)22-18(25)6-7-19(26)24-9-8-17(23-24)13-4-2-1-3-5-13/h1-5,10-12H,6-9H2,(H,22,25). The van der Waals surface area contributed by atoms with Gasteiger partial charge in [-0.1, -0.05) is 30.3 Å². The average Bonchev–Trinajstić information content (AvgIpc) is 3.10. The van der Waals surface area contributed by atoms with Gasteiger partial charge < -0.3 is 5.32 Å². The normalized spacial score (nSPS) is 13.5. The number of anilines is 1. The van der Waals surface area contributed by atoms with Crippen LogP contribution >= 0.6 is 0 Å². The lowest BCUT2D eigenvalue weighted by molar-refractivity contribution is -0.132. The van der Waals surface area contributed by atoms with Crippen LogP contribution in [-0.4, -0.2) is 29.1 Å². The summed E-state index contributed by atoms with van der Waals surface area (Å²) in [5.74, 6) is -2.32. The second-order valence-corrected chi connectivity index (χ2v) is 5.89. The molecule has 2 aromatic carbocycles. The van der Waals surface area contributed by atoms with Crippen molar-refractivity contribution in [2.75, 3.05) is 11.9 Å². The fourth-order valence-corrected chi connectivity index (χ4v) is 2.67. The molecule has 1 aliphatic heterocycles. The quantitative estimate of drug-likeness (QED) is 0.892. The van der Waals surface area contributed by atoms with Crippen LogP contribution < -0.4 is 5.32 Å². The number of carbonyl (C=O) groups is 2. The molecular formula is C19H17F2N3O2. The van der Waals surface area contributed by atoms with E-state index in [2.05, 4.69) is 10.4 Å². The molecule has 0 atom stereocenters. The summed E-state index contributed by atoms with van der Waals surface area (Å²) in [6.07, 6.45) is 0.531. The van der Waals surface area contributed by atoms with Crippen LogP contribution in [0.1, 0.15) is 24.8 Å². The second kappa shape index (κ2) is 7.86. The van der Waals surface area contributed by atoms with E-state index in [0.717, 1.165) is 29.5 Å². The predicted molar refractivity (Wildman–Crippen MR) is 93.5 cm³/mol. The molecule has 0 bridgehead atoms. The SMILES string of the molecule is O=C(CCC(=O)N1CCC(c2ccccc2)=N1)Nc1cc(F)cc(F)c1. The second-order valence-electron chi connectivity index (χ2n) is 5.89. The van der Waals surface area contributed by atoms with E-state index < -0.39 is 17.5 Å². The van der Waals surface area contributed by atoms with Gasteiger partial charge in [-0.05, 0) is 17.7 Å². The van der Waals surface area contributed by atoms with Crippen LogP contribution in [0.3, 0.4) is 0 Å². The Hall–Kier alpha value is -3.09. The number of carbonyl (C=O) groups excluding carboxylic acids is 2. The van der Waals surface area contributed by atoms with E-state index in [4.69, 9.17) is 0 Å². The molecule has 0 spiro atoms. The minimum atomic E-state index is -0.781. The Bertz CT molecular complexity index is 833. The highest BCUT2D eigenvalue weighted by molar-refractivity contribution is 6.02. The Morgan fingerprint density at radius 1 is 1.04 bits per heavy atom. The summed E-state index contributed by atoms with van der Waals surface area (Å²) in [5, 5.41) is 8.05. The molecule has 3 rings (SSSR count). The van der Waals surface area contributed by atoms with E-state index in [1.807, 2.05) is 30.3 Å². The van der Waals surface area contributed by atoms with Crippen molar-refractivity contribution >= 4 is 23.2 Å². The van der Waals surface area contributed by atoms with Gasteiger partial charge in [0.15, 0.2) is 0 Å².